The van der Waals surface area contributed by atoms with E-state index in [4.69, 9.17) is 0 Å². The molecule has 1 atom stereocenters. The van der Waals surface area contributed by atoms with E-state index in [1.165, 1.54) is 11.8 Å². The molecule has 3 amide bonds. The van der Waals surface area contributed by atoms with E-state index in [-0.39, 0.29) is 24.1 Å². The number of hydrogen-bond donors (Lipinski definition) is 2. The molecule has 2 aliphatic heterocycles. The van der Waals surface area contributed by atoms with Gasteiger partial charge >= 0.3 is 0 Å². The van der Waals surface area contributed by atoms with E-state index in [1.807, 2.05) is 17.8 Å². The lowest BCUT2D eigenvalue weighted by molar-refractivity contribution is -0.121. The number of amides is 3. The van der Waals surface area contributed by atoms with Gasteiger partial charge in [0, 0.05) is 62.5 Å². The molecule has 3 heterocycles. The largest absolute Gasteiger partial charge is 0.351 e. The van der Waals surface area contributed by atoms with Crippen molar-refractivity contribution in [3.8, 4) is 0 Å². The third-order valence-electron chi connectivity index (χ3n) is 5.30. The Hall–Kier alpha value is -2.79. The molecule has 0 aliphatic carbocycles. The van der Waals surface area contributed by atoms with Crippen molar-refractivity contribution in [2.24, 2.45) is 12.0 Å². The SMILES string of the molecule is Cn1ccnc1SCCNC(=O)c1ccc(NC(=O)CC2SC(N3CCCC3)=NC2=O)cc1. The molecule has 1 saturated heterocycles. The first-order chi connectivity index (χ1) is 16.0. The first-order valence-corrected chi connectivity index (χ1v) is 12.7. The maximum atomic E-state index is 12.4. The zero-order valence-electron chi connectivity index (χ0n) is 18.3. The van der Waals surface area contributed by atoms with Crippen LogP contribution in [0.4, 0.5) is 5.69 Å². The quantitative estimate of drug-likeness (QED) is 0.436. The van der Waals surface area contributed by atoms with Gasteiger partial charge < -0.3 is 20.1 Å². The lowest BCUT2D eigenvalue weighted by Crippen LogP contribution is -2.26. The molecule has 9 nitrogen and oxygen atoms in total. The Morgan fingerprint density at radius 1 is 1.21 bits per heavy atom. The molecule has 2 N–H and O–H groups in total. The number of rotatable bonds is 8. The highest BCUT2D eigenvalue weighted by molar-refractivity contribution is 8.15. The Kier molecular flexibility index (Phi) is 7.71. The van der Waals surface area contributed by atoms with Crippen LogP contribution in [0.2, 0.25) is 0 Å². The van der Waals surface area contributed by atoms with Crippen molar-refractivity contribution in [3.05, 3.63) is 42.2 Å². The predicted octanol–water partition coefficient (Wildman–Crippen LogP) is 2.36. The molecule has 4 rings (SSSR count). The Labute approximate surface area is 200 Å². The Balaban J connectivity index is 1.19. The molecule has 33 heavy (non-hydrogen) atoms. The number of aromatic nitrogens is 2. The smallest absolute Gasteiger partial charge is 0.262 e. The lowest BCUT2D eigenvalue weighted by atomic mass is 10.2. The highest BCUT2D eigenvalue weighted by Gasteiger charge is 2.33. The lowest BCUT2D eigenvalue weighted by Gasteiger charge is -2.16. The number of imidazole rings is 1. The second kappa shape index (κ2) is 10.9. The molecule has 1 fully saturated rings. The molecule has 0 radical (unpaired) electrons. The number of aliphatic imine (C=N–C) groups is 1. The summed E-state index contributed by atoms with van der Waals surface area (Å²) in [6.45, 7) is 2.35. The fourth-order valence-corrected chi connectivity index (χ4v) is 5.44. The number of hydrogen-bond acceptors (Lipinski definition) is 7. The normalized spacial score (nSPS) is 17.8. The molecule has 0 bridgehead atoms. The number of benzene rings is 1. The van der Waals surface area contributed by atoms with Crippen LogP contribution < -0.4 is 10.6 Å². The summed E-state index contributed by atoms with van der Waals surface area (Å²) in [6, 6.07) is 6.71. The maximum Gasteiger partial charge on any atom is 0.262 e. The van der Waals surface area contributed by atoms with E-state index >= 15 is 0 Å². The molecule has 1 unspecified atom stereocenters. The fourth-order valence-electron chi connectivity index (χ4n) is 3.54. The fraction of sp³-hybridized carbons (Fsp3) is 0.409. The summed E-state index contributed by atoms with van der Waals surface area (Å²) in [4.78, 5) is 47.4. The van der Waals surface area contributed by atoms with Crippen molar-refractivity contribution in [1.29, 1.82) is 0 Å². The van der Waals surface area contributed by atoms with Crippen LogP contribution in [-0.4, -0.2) is 68.0 Å². The number of anilines is 1. The first kappa shape index (κ1) is 23.4. The molecular weight excluding hydrogens is 460 g/mol. The maximum absolute atomic E-state index is 12.4. The third-order valence-corrected chi connectivity index (χ3v) is 7.58. The summed E-state index contributed by atoms with van der Waals surface area (Å²) in [7, 11) is 1.93. The van der Waals surface area contributed by atoms with Gasteiger partial charge in [0.15, 0.2) is 10.3 Å². The van der Waals surface area contributed by atoms with Gasteiger partial charge in [-0.25, -0.2) is 4.98 Å². The Morgan fingerprint density at radius 3 is 2.67 bits per heavy atom. The number of carbonyl (C=O) groups excluding carboxylic acids is 3. The molecule has 2 aromatic rings. The molecule has 11 heteroatoms. The average Bonchev–Trinajstić information content (AvgIpc) is 3.54. The van der Waals surface area contributed by atoms with Gasteiger partial charge in [-0.1, -0.05) is 23.5 Å². The van der Waals surface area contributed by atoms with Crippen LogP contribution in [-0.2, 0) is 16.6 Å². The molecule has 0 saturated carbocycles. The Bertz CT molecular complexity index is 1050. The number of amidine groups is 1. The van der Waals surface area contributed by atoms with Gasteiger partial charge in [0.1, 0.15) is 5.25 Å². The van der Waals surface area contributed by atoms with Crippen molar-refractivity contribution in [2.75, 3.05) is 30.7 Å². The molecule has 2 aliphatic rings. The van der Waals surface area contributed by atoms with E-state index < -0.39 is 5.25 Å². The summed E-state index contributed by atoms with van der Waals surface area (Å²) < 4.78 is 1.93. The van der Waals surface area contributed by atoms with E-state index in [1.54, 1.807) is 42.2 Å². The van der Waals surface area contributed by atoms with E-state index in [0.717, 1.165) is 36.3 Å². The monoisotopic (exact) mass is 486 g/mol. The summed E-state index contributed by atoms with van der Waals surface area (Å²) in [5, 5.41) is 6.85. The average molecular weight is 487 g/mol. The standard InChI is InChI=1S/C22H26N6O3S2/c1-27-12-8-24-21(27)32-13-9-23-19(30)15-4-6-16(7-5-15)25-18(29)14-17-20(31)26-22(33-17)28-10-2-3-11-28/h4-8,12,17H,2-3,9-11,13-14H2,1H3,(H,23,30)(H,25,29). The van der Waals surface area contributed by atoms with Crippen molar-refractivity contribution < 1.29 is 14.4 Å². The van der Waals surface area contributed by atoms with Gasteiger partial charge in [0.05, 0.1) is 0 Å². The van der Waals surface area contributed by atoms with E-state index in [2.05, 4.69) is 25.5 Å². The van der Waals surface area contributed by atoms with Gasteiger partial charge in [-0.2, -0.15) is 4.99 Å². The van der Waals surface area contributed by atoms with Crippen LogP contribution in [0.3, 0.4) is 0 Å². The molecule has 1 aromatic carbocycles. The van der Waals surface area contributed by atoms with Crippen LogP contribution in [0.1, 0.15) is 29.6 Å². The number of likely N-dealkylation sites (tertiary alicyclic amines) is 1. The van der Waals surface area contributed by atoms with Gasteiger partial charge in [-0.3, -0.25) is 14.4 Å². The van der Waals surface area contributed by atoms with Crippen molar-refractivity contribution >= 4 is 52.1 Å². The number of thioether (sulfide) groups is 2. The van der Waals surface area contributed by atoms with Crippen molar-refractivity contribution in [2.45, 2.75) is 29.7 Å². The van der Waals surface area contributed by atoms with Gasteiger partial charge in [-0.05, 0) is 37.1 Å². The van der Waals surface area contributed by atoms with Crippen molar-refractivity contribution in [1.82, 2.24) is 19.8 Å². The summed E-state index contributed by atoms with van der Waals surface area (Å²) in [6.07, 6.45) is 5.91. The molecule has 174 valence electrons. The predicted molar refractivity (Wildman–Crippen MR) is 131 cm³/mol. The van der Waals surface area contributed by atoms with E-state index in [0.29, 0.717) is 23.5 Å². The number of nitrogens with zero attached hydrogens (tertiary/aromatic N) is 4. The van der Waals surface area contributed by atoms with E-state index in [9.17, 15) is 14.4 Å². The van der Waals surface area contributed by atoms with Gasteiger partial charge in [-0.15, -0.1) is 0 Å². The second-order valence-corrected chi connectivity index (χ2v) is 10.0. The zero-order valence-corrected chi connectivity index (χ0v) is 20.0. The number of nitrogens with one attached hydrogen (secondary N) is 2. The second-order valence-electron chi connectivity index (χ2n) is 7.79. The topological polar surface area (TPSA) is 109 Å². The van der Waals surface area contributed by atoms with Crippen LogP contribution in [0.25, 0.3) is 0 Å². The highest BCUT2D eigenvalue weighted by Crippen LogP contribution is 2.29. The minimum atomic E-state index is -0.478. The summed E-state index contributed by atoms with van der Waals surface area (Å²) >= 11 is 2.95. The minimum Gasteiger partial charge on any atom is -0.351 e. The van der Waals surface area contributed by atoms with Crippen molar-refractivity contribution in [3.63, 3.8) is 0 Å². The van der Waals surface area contributed by atoms with Gasteiger partial charge in [0.2, 0.25) is 5.91 Å². The van der Waals surface area contributed by atoms with Crippen LogP contribution in [0.15, 0.2) is 46.8 Å². The van der Waals surface area contributed by atoms with Crippen LogP contribution >= 0.6 is 23.5 Å². The number of carbonyl (C=O) groups is 3. The minimum absolute atomic E-state index is 0.0697. The highest BCUT2D eigenvalue weighted by atomic mass is 32.2. The zero-order chi connectivity index (χ0) is 23.2. The summed E-state index contributed by atoms with van der Waals surface area (Å²) in [5.74, 6) is 0.0477. The molecular formula is C22H26N6O3S2. The first-order valence-electron chi connectivity index (χ1n) is 10.8. The Morgan fingerprint density at radius 2 is 1.97 bits per heavy atom. The third kappa shape index (κ3) is 6.17. The van der Waals surface area contributed by atoms with Crippen LogP contribution in [0, 0.1) is 0 Å². The van der Waals surface area contributed by atoms with Crippen LogP contribution in [0.5, 0.6) is 0 Å². The molecule has 1 aromatic heterocycles. The van der Waals surface area contributed by atoms with Gasteiger partial charge in [0.25, 0.3) is 11.8 Å². The molecule has 0 spiro atoms. The summed E-state index contributed by atoms with van der Waals surface area (Å²) in [5.41, 5.74) is 1.10. The number of aryl methyl sites for hydroxylation is 1.